The minimum Gasteiger partial charge on any atom is -0.274 e. The fraction of sp³-hybridized carbons (Fsp3) is 0.440. The highest BCUT2D eigenvalue weighted by atomic mass is 16.2. The first-order chi connectivity index (χ1) is 13.7. The number of carbonyl (C=O) groups is 2. The lowest BCUT2D eigenvalue weighted by Gasteiger charge is -2.41. The molecule has 0 aromatic heterocycles. The van der Waals surface area contributed by atoms with E-state index in [-0.39, 0.29) is 11.8 Å². The number of hydrogen-bond acceptors (Lipinski definition) is 2. The summed E-state index contributed by atoms with van der Waals surface area (Å²) < 4.78 is 0. The molecule has 4 bridgehead atoms. The van der Waals surface area contributed by atoms with E-state index in [4.69, 9.17) is 0 Å². The molecule has 5 aliphatic rings. The average molecular weight is 369 g/mol. The summed E-state index contributed by atoms with van der Waals surface area (Å²) in [4.78, 5) is 28.6. The minimum absolute atomic E-state index is 0.00384. The number of benzene rings is 2. The smallest absolute Gasteiger partial charge is 0.240 e. The monoisotopic (exact) mass is 369 g/mol. The fourth-order valence-corrected chi connectivity index (χ4v) is 8.06. The molecule has 4 aliphatic carbocycles. The quantitative estimate of drug-likeness (QED) is 0.420. The zero-order valence-electron chi connectivity index (χ0n) is 15.8. The molecule has 1 aliphatic heterocycles. The van der Waals surface area contributed by atoms with E-state index in [0.717, 1.165) is 41.1 Å². The average Bonchev–Trinajstić information content (AvgIpc) is 3.49. The van der Waals surface area contributed by atoms with Crippen LogP contribution in [0, 0.1) is 40.9 Å². The second kappa shape index (κ2) is 4.94. The Morgan fingerprint density at radius 1 is 0.893 bits per heavy atom. The first-order valence-electron chi connectivity index (χ1n) is 10.7. The van der Waals surface area contributed by atoms with Crippen molar-refractivity contribution in [3.63, 3.8) is 0 Å². The van der Waals surface area contributed by atoms with Crippen LogP contribution in [0.1, 0.15) is 25.7 Å². The van der Waals surface area contributed by atoms with Gasteiger partial charge < -0.3 is 0 Å². The molecule has 28 heavy (non-hydrogen) atoms. The molecule has 4 fully saturated rings. The number of nitrogens with zero attached hydrogens (tertiary/aromatic N) is 1. The maximum absolute atomic E-state index is 13.9. The van der Waals surface area contributed by atoms with E-state index in [2.05, 4.69) is 12.2 Å². The zero-order chi connectivity index (χ0) is 18.6. The lowest BCUT2D eigenvalue weighted by atomic mass is 9.61. The van der Waals surface area contributed by atoms with E-state index in [0.29, 0.717) is 30.1 Å². The number of allylic oxidation sites excluding steroid dienone is 2. The highest BCUT2D eigenvalue weighted by Crippen LogP contribution is 2.72. The van der Waals surface area contributed by atoms with Crippen LogP contribution in [0.15, 0.2) is 54.6 Å². The van der Waals surface area contributed by atoms with Crippen molar-refractivity contribution in [3.8, 4) is 0 Å². The molecule has 7 unspecified atom stereocenters. The molecule has 1 spiro atoms. The van der Waals surface area contributed by atoms with E-state index < -0.39 is 5.41 Å². The summed E-state index contributed by atoms with van der Waals surface area (Å²) in [6.07, 6.45) is 8.63. The Hall–Kier alpha value is -2.42. The van der Waals surface area contributed by atoms with E-state index in [1.807, 2.05) is 42.5 Å². The first kappa shape index (κ1) is 15.5. The largest absolute Gasteiger partial charge is 0.274 e. The number of anilines is 1. The van der Waals surface area contributed by atoms with Gasteiger partial charge in [0.1, 0.15) is 0 Å². The van der Waals surface area contributed by atoms with Crippen molar-refractivity contribution in [3.05, 3.63) is 54.6 Å². The van der Waals surface area contributed by atoms with Gasteiger partial charge in [0.2, 0.25) is 11.8 Å². The molecule has 2 amide bonds. The molecule has 1 saturated heterocycles. The fourth-order valence-electron chi connectivity index (χ4n) is 8.06. The number of rotatable bonds is 1. The molecular formula is C25H23NO2. The van der Waals surface area contributed by atoms with Crippen molar-refractivity contribution >= 4 is 28.3 Å². The van der Waals surface area contributed by atoms with Crippen LogP contribution in [-0.4, -0.2) is 11.8 Å². The van der Waals surface area contributed by atoms with Gasteiger partial charge in [-0.25, -0.2) is 4.90 Å². The predicted molar refractivity (Wildman–Crippen MR) is 107 cm³/mol. The molecule has 0 radical (unpaired) electrons. The molecule has 3 nitrogen and oxygen atoms in total. The second-order valence-corrected chi connectivity index (χ2v) is 9.77. The van der Waals surface area contributed by atoms with Crippen LogP contribution in [0.4, 0.5) is 5.69 Å². The Bertz CT molecular complexity index is 1080. The molecule has 3 heteroatoms. The van der Waals surface area contributed by atoms with Gasteiger partial charge >= 0.3 is 0 Å². The Morgan fingerprint density at radius 2 is 1.68 bits per heavy atom. The highest BCUT2D eigenvalue weighted by molar-refractivity contribution is 6.25. The van der Waals surface area contributed by atoms with Crippen LogP contribution in [0.25, 0.3) is 10.8 Å². The first-order valence-corrected chi connectivity index (χ1v) is 10.7. The molecule has 0 N–H and O–H groups in total. The van der Waals surface area contributed by atoms with Crippen LogP contribution in [0.5, 0.6) is 0 Å². The third kappa shape index (κ3) is 1.64. The second-order valence-electron chi connectivity index (χ2n) is 9.77. The summed E-state index contributed by atoms with van der Waals surface area (Å²) in [5.41, 5.74) is 0.343. The topological polar surface area (TPSA) is 37.4 Å². The molecule has 140 valence electrons. The third-order valence-electron chi connectivity index (χ3n) is 8.84. The molecule has 7 rings (SSSR count). The summed E-state index contributed by atoms with van der Waals surface area (Å²) in [6.45, 7) is 0. The summed E-state index contributed by atoms with van der Waals surface area (Å²) in [5, 5.41) is 2.07. The molecule has 3 saturated carbocycles. The number of carbonyl (C=O) groups excluding carboxylic acids is 2. The number of fused-ring (bicyclic) bond motifs is 11. The van der Waals surface area contributed by atoms with E-state index >= 15 is 0 Å². The number of imide groups is 1. The van der Waals surface area contributed by atoms with E-state index in [1.165, 1.54) is 6.42 Å². The molecule has 7 atom stereocenters. The van der Waals surface area contributed by atoms with E-state index in [1.54, 1.807) is 4.90 Å². The van der Waals surface area contributed by atoms with Crippen molar-refractivity contribution in [2.75, 3.05) is 4.90 Å². The Balaban J connectivity index is 1.32. The number of amides is 2. The molecular weight excluding hydrogens is 346 g/mol. The van der Waals surface area contributed by atoms with E-state index in [9.17, 15) is 9.59 Å². The van der Waals surface area contributed by atoms with Crippen molar-refractivity contribution in [2.45, 2.75) is 25.7 Å². The summed E-state index contributed by atoms with van der Waals surface area (Å²) in [5.74, 6) is 3.94. The SMILES string of the molecule is O=C1CC2(CC3CC2C2C4C=CC(C4)C32)C(=O)N1c1cccc2ccccc12. The van der Waals surface area contributed by atoms with Crippen LogP contribution in [0.3, 0.4) is 0 Å². The predicted octanol–water partition coefficient (Wildman–Crippen LogP) is 4.57. The zero-order valence-corrected chi connectivity index (χ0v) is 15.8. The van der Waals surface area contributed by atoms with Crippen molar-refractivity contribution in [1.82, 2.24) is 0 Å². The molecule has 2 aromatic carbocycles. The standard InChI is InChI=1S/C25H23NO2/c27-21-13-25(12-17-11-19(25)23-16-9-8-15(10-16)22(17)23)24(28)26(21)20-7-3-5-14-4-1-2-6-18(14)20/h1-9,15-17,19,22-23H,10-13H2. The van der Waals surface area contributed by atoms with Gasteiger partial charge in [-0.2, -0.15) is 0 Å². The lowest BCUT2D eigenvalue weighted by molar-refractivity contribution is -0.130. The van der Waals surface area contributed by atoms with Gasteiger partial charge in [0.25, 0.3) is 0 Å². The van der Waals surface area contributed by atoms with Crippen molar-refractivity contribution < 1.29 is 9.59 Å². The van der Waals surface area contributed by atoms with Crippen LogP contribution in [-0.2, 0) is 9.59 Å². The minimum atomic E-state index is -0.432. The summed E-state index contributed by atoms with van der Waals surface area (Å²) in [7, 11) is 0. The maximum atomic E-state index is 13.9. The third-order valence-corrected chi connectivity index (χ3v) is 8.84. The summed E-state index contributed by atoms with van der Waals surface area (Å²) in [6, 6.07) is 14.0. The Morgan fingerprint density at radius 3 is 2.57 bits per heavy atom. The maximum Gasteiger partial charge on any atom is 0.240 e. The number of hydrogen-bond donors (Lipinski definition) is 0. The van der Waals surface area contributed by atoms with Gasteiger partial charge in [0, 0.05) is 11.8 Å². The van der Waals surface area contributed by atoms with Crippen LogP contribution >= 0.6 is 0 Å². The van der Waals surface area contributed by atoms with Gasteiger partial charge in [-0.3, -0.25) is 9.59 Å². The van der Waals surface area contributed by atoms with Crippen molar-refractivity contribution in [1.29, 1.82) is 0 Å². The van der Waals surface area contributed by atoms with Gasteiger partial charge in [0.15, 0.2) is 0 Å². The van der Waals surface area contributed by atoms with Crippen molar-refractivity contribution in [2.24, 2.45) is 40.9 Å². The molecule has 2 aromatic rings. The Kier molecular flexibility index (Phi) is 2.74. The van der Waals surface area contributed by atoms with Gasteiger partial charge in [-0.1, -0.05) is 48.6 Å². The summed E-state index contributed by atoms with van der Waals surface area (Å²) >= 11 is 0. The normalized spacial score (nSPS) is 42.5. The Labute approximate surface area is 164 Å². The van der Waals surface area contributed by atoms with Crippen LogP contribution in [0.2, 0.25) is 0 Å². The lowest BCUT2D eigenvalue weighted by Crippen LogP contribution is -2.44. The van der Waals surface area contributed by atoms with Gasteiger partial charge in [0.05, 0.1) is 11.1 Å². The van der Waals surface area contributed by atoms with Gasteiger partial charge in [-0.15, -0.1) is 0 Å². The highest BCUT2D eigenvalue weighted by Gasteiger charge is 2.71. The van der Waals surface area contributed by atoms with Crippen LogP contribution < -0.4 is 4.90 Å². The van der Waals surface area contributed by atoms with Gasteiger partial charge in [-0.05, 0) is 66.2 Å². The molecule has 1 heterocycles.